The Kier molecular flexibility index (Phi) is 2.91. The lowest BCUT2D eigenvalue weighted by Crippen LogP contribution is -2.35. The lowest BCUT2D eigenvalue weighted by atomic mass is 10.1. The maximum atomic E-state index is 8.58. The van der Waals surface area contributed by atoms with Gasteiger partial charge in [0.1, 0.15) is 6.07 Å². The molecule has 0 radical (unpaired) electrons. The minimum absolute atomic E-state index is 0.418. The van der Waals surface area contributed by atoms with Crippen molar-refractivity contribution < 1.29 is 0 Å². The monoisotopic (exact) mass is 209 g/mol. The van der Waals surface area contributed by atoms with E-state index in [1.165, 1.54) is 11.3 Å². The second kappa shape index (κ2) is 4.35. The third-order valence-electron chi connectivity index (χ3n) is 2.19. The highest BCUT2D eigenvalue weighted by atomic mass is 32.1. The van der Waals surface area contributed by atoms with Crippen LogP contribution in [-0.2, 0) is 0 Å². The molecular weight excluding hydrogens is 198 g/mol. The third kappa shape index (κ3) is 2.19. The molecule has 1 aromatic heterocycles. The minimum atomic E-state index is 0.418. The average molecular weight is 209 g/mol. The van der Waals surface area contributed by atoms with E-state index in [0.29, 0.717) is 11.0 Å². The van der Waals surface area contributed by atoms with Crippen LogP contribution in [0.1, 0.15) is 17.8 Å². The van der Waals surface area contributed by atoms with E-state index in [-0.39, 0.29) is 0 Å². The maximum absolute atomic E-state index is 8.58. The molecule has 0 atom stereocenters. The van der Waals surface area contributed by atoms with E-state index in [1.54, 1.807) is 0 Å². The fourth-order valence-electron chi connectivity index (χ4n) is 1.47. The number of rotatable bonds is 2. The third-order valence-corrected chi connectivity index (χ3v) is 2.95. The molecule has 0 amide bonds. The Hall–Kier alpha value is -1.19. The molecule has 0 saturated carbocycles. The number of aromatic nitrogens is 2. The summed E-state index contributed by atoms with van der Waals surface area (Å²) in [5.41, 5.74) is 0. The Morgan fingerprint density at radius 1 is 1.43 bits per heavy atom. The zero-order chi connectivity index (χ0) is 9.80. The van der Waals surface area contributed by atoms with Gasteiger partial charge in [0.2, 0.25) is 10.1 Å². The van der Waals surface area contributed by atoms with Crippen LogP contribution in [0.4, 0.5) is 5.13 Å². The Bertz CT molecular complexity index is 336. The van der Waals surface area contributed by atoms with Crippen molar-refractivity contribution in [3.63, 3.8) is 0 Å². The molecule has 1 aromatic rings. The topological polar surface area (TPSA) is 73.6 Å². The van der Waals surface area contributed by atoms with Crippen LogP contribution in [0, 0.1) is 11.3 Å². The summed E-state index contributed by atoms with van der Waals surface area (Å²) in [7, 11) is 0. The van der Waals surface area contributed by atoms with Gasteiger partial charge in [0.15, 0.2) is 0 Å². The Morgan fingerprint density at radius 3 is 2.86 bits per heavy atom. The van der Waals surface area contributed by atoms with Crippen molar-refractivity contribution in [2.24, 2.45) is 0 Å². The van der Waals surface area contributed by atoms with E-state index in [4.69, 9.17) is 5.26 Å². The SMILES string of the molecule is N#Cc1nnc(NC2CCNCC2)s1. The van der Waals surface area contributed by atoms with Crippen LogP contribution in [0.3, 0.4) is 0 Å². The molecular formula is C8H11N5S. The molecule has 0 unspecified atom stereocenters. The molecule has 6 heteroatoms. The molecule has 2 rings (SSSR count). The molecule has 5 nitrogen and oxygen atoms in total. The van der Waals surface area contributed by atoms with Crippen molar-refractivity contribution in [1.29, 1.82) is 5.26 Å². The Labute approximate surface area is 86.2 Å². The summed E-state index contributed by atoms with van der Waals surface area (Å²) < 4.78 is 0. The van der Waals surface area contributed by atoms with E-state index in [9.17, 15) is 0 Å². The van der Waals surface area contributed by atoms with Gasteiger partial charge in [-0.25, -0.2) is 0 Å². The molecule has 1 aliphatic rings. The van der Waals surface area contributed by atoms with Crippen LogP contribution in [0.5, 0.6) is 0 Å². The van der Waals surface area contributed by atoms with Crippen molar-refractivity contribution in [2.45, 2.75) is 18.9 Å². The molecule has 1 fully saturated rings. The molecule has 14 heavy (non-hydrogen) atoms. The predicted octanol–water partition coefficient (Wildman–Crippen LogP) is 0.574. The second-order valence-corrected chi connectivity index (χ2v) is 4.17. The summed E-state index contributed by atoms with van der Waals surface area (Å²) in [6, 6.07) is 2.45. The van der Waals surface area contributed by atoms with E-state index < -0.39 is 0 Å². The fourth-order valence-corrected chi connectivity index (χ4v) is 2.09. The van der Waals surface area contributed by atoms with Crippen molar-refractivity contribution in [3.05, 3.63) is 5.01 Å². The van der Waals surface area contributed by atoms with Crippen molar-refractivity contribution in [1.82, 2.24) is 15.5 Å². The number of nitriles is 1. The largest absolute Gasteiger partial charge is 0.357 e. The first-order valence-electron chi connectivity index (χ1n) is 4.59. The maximum Gasteiger partial charge on any atom is 0.219 e. The molecule has 0 bridgehead atoms. The first-order chi connectivity index (χ1) is 6.88. The van der Waals surface area contributed by atoms with Gasteiger partial charge in [-0.2, -0.15) is 5.26 Å². The molecule has 0 aromatic carbocycles. The quantitative estimate of drug-likeness (QED) is 0.745. The highest BCUT2D eigenvalue weighted by molar-refractivity contribution is 7.15. The van der Waals surface area contributed by atoms with E-state index in [2.05, 4.69) is 20.8 Å². The molecule has 0 aliphatic carbocycles. The molecule has 2 heterocycles. The van der Waals surface area contributed by atoms with Crippen LogP contribution >= 0.6 is 11.3 Å². The van der Waals surface area contributed by atoms with Crippen molar-refractivity contribution in [3.8, 4) is 6.07 Å². The number of hydrogen-bond donors (Lipinski definition) is 2. The van der Waals surface area contributed by atoms with Gasteiger partial charge in [0.25, 0.3) is 0 Å². The number of nitrogens with zero attached hydrogens (tertiary/aromatic N) is 3. The van der Waals surface area contributed by atoms with E-state index in [0.717, 1.165) is 31.1 Å². The molecule has 1 aliphatic heterocycles. The number of nitrogens with one attached hydrogen (secondary N) is 2. The smallest absolute Gasteiger partial charge is 0.219 e. The predicted molar refractivity (Wildman–Crippen MR) is 54.1 cm³/mol. The summed E-state index contributed by atoms with van der Waals surface area (Å²) in [5.74, 6) is 0. The number of anilines is 1. The van der Waals surface area contributed by atoms with Gasteiger partial charge < -0.3 is 10.6 Å². The van der Waals surface area contributed by atoms with Gasteiger partial charge in [-0.05, 0) is 25.9 Å². The number of piperidine rings is 1. The average Bonchev–Trinajstić information content (AvgIpc) is 2.67. The van der Waals surface area contributed by atoms with Crippen molar-refractivity contribution in [2.75, 3.05) is 18.4 Å². The molecule has 74 valence electrons. The van der Waals surface area contributed by atoms with Crippen LogP contribution in [0.2, 0.25) is 0 Å². The molecule has 1 saturated heterocycles. The molecule has 0 spiro atoms. The van der Waals surface area contributed by atoms with Gasteiger partial charge in [0, 0.05) is 6.04 Å². The number of hydrogen-bond acceptors (Lipinski definition) is 6. The fraction of sp³-hybridized carbons (Fsp3) is 0.625. The first-order valence-corrected chi connectivity index (χ1v) is 5.41. The highest BCUT2D eigenvalue weighted by Crippen LogP contribution is 2.17. The second-order valence-electron chi connectivity index (χ2n) is 3.19. The summed E-state index contributed by atoms with van der Waals surface area (Å²) in [5, 5.41) is 24.0. The lowest BCUT2D eigenvalue weighted by Gasteiger charge is -2.22. The highest BCUT2D eigenvalue weighted by Gasteiger charge is 2.14. The molecule has 2 N–H and O–H groups in total. The van der Waals surface area contributed by atoms with Gasteiger partial charge in [-0.15, -0.1) is 10.2 Å². The summed E-state index contributed by atoms with van der Waals surface area (Å²) in [4.78, 5) is 0. The zero-order valence-electron chi connectivity index (χ0n) is 7.66. The Morgan fingerprint density at radius 2 is 2.21 bits per heavy atom. The van der Waals surface area contributed by atoms with E-state index in [1.807, 2.05) is 6.07 Å². The van der Waals surface area contributed by atoms with Gasteiger partial charge >= 0.3 is 0 Å². The van der Waals surface area contributed by atoms with Crippen LogP contribution in [0.15, 0.2) is 0 Å². The normalized spacial score (nSPS) is 17.6. The Balaban J connectivity index is 1.93. The standard InChI is InChI=1S/C8H11N5S/c9-5-7-12-13-8(14-7)11-6-1-3-10-4-2-6/h6,10H,1-4H2,(H,11,13). The van der Waals surface area contributed by atoms with E-state index >= 15 is 0 Å². The zero-order valence-corrected chi connectivity index (χ0v) is 8.47. The first kappa shape index (κ1) is 9.37. The van der Waals surface area contributed by atoms with Crippen LogP contribution < -0.4 is 10.6 Å². The summed E-state index contributed by atoms with van der Waals surface area (Å²) >= 11 is 1.31. The lowest BCUT2D eigenvalue weighted by molar-refractivity contribution is 0.479. The van der Waals surface area contributed by atoms with Gasteiger partial charge in [-0.3, -0.25) is 0 Å². The summed E-state index contributed by atoms with van der Waals surface area (Å²) in [6.07, 6.45) is 2.20. The van der Waals surface area contributed by atoms with Crippen LogP contribution in [0.25, 0.3) is 0 Å². The van der Waals surface area contributed by atoms with Crippen LogP contribution in [-0.4, -0.2) is 29.3 Å². The van der Waals surface area contributed by atoms with Gasteiger partial charge in [-0.1, -0.05) is 11.3 Å². The van der Waals surface area contributed by atoms with Crippen molar-refractivity contribution >= 4 is 16.5 Å². The minimum Gasteiger partial charge on any atom is -0.357 e. The summed E-state index contributed by atoms with van der Waals surface area (Å²) in [6.45, 7) is 2.09. The van der Waals surface area contributed by atoms with Gasteiger partial charge in [0.05, 0.1) is 0 Å².